The van der Waals surface area contributed by atoms with Crippen LogP contribution in [0, 0.1) is 0 Å². The van der Waals surface area contributed by atoms with Crippen LogP contribution in [0.5, 0.6) is 0 Å². The lowest BCUT2D eigenvalue weighted by atomic mass is 9.95. The van der Waals surface area contributed by atoms with Crippen LogP contribution in [-0.4, -0.2) is 65.9 Å². The molecule has 0 amide bonds. The maximum Gasteiger partial charge on any atom is 0.473 e. The predicted octanol–water partition coefficient (Wildman–Crippen LogP) is 8.44. The monoisotopic (exact) mass is 630 g/mol. The first-order valence-electron chi connectivity index (χ1n) is 9.83. The highest BCUT2D eigenvalue weighted by molar-refractivity contribution is 5.79. The maximum absolute atomic E-state index is 13.7. The smallest absolute Gasteiger partial charge is 0.391 e. The van der Waals surface area contributed by atoms with Gasteiger partial charge in [-0.25, -0.2) is 9.18 Å². The molecule has 1 atom stereocenters. The van der Waals surface area contributed by atoms with Crippen LogP contribution < -0.4 is 0 Å². The number of alkyl halides is 20. The molecule has 0 aliphatic rings. The quantitative estimate of drug-likeness (QED) is 0.109. The van der Waals surface area contributed by atoms with E-state index in [1.807, 2.05) is 0 Å². The lowest BCUT2D eigenvalue weighted by molar-refractivity contribution is -0.434. The molecule has 0 heterocycles. The zero-order chi connectivity index (χ0) is 31.9. The number of hydrogen-bond acceptors (Lipinski definition) is 2. The Morgan fingerprint density at radius 2 is 1.03 bits per heavy atom. The third-order valence-corrected chi connectivity index (χ3v) is 4.90. The SMILES string of the molecule is CCCCCCC(F)C(F)(F)C(F)(F)C(F)(F)C(F)(F)OC(=O)C(F)(F)C(F)(F)C(F)(F)C(F)(F)C(F)(F)F. The van der Waals surface area contributed by atoms with Crippen molar-refractivity contribution in [2.24, 2.45) is 0 Å². The van der Waals surface area contributed by atoms with Gasteiger partial charge in [-0.15, -0.1) is 0 Å². The van der Waals surface area contributed by atoms with Crippen LogP contribution in [0.25, 0.3) is 0 Å². The summed E-state index contributed by atoms with van der Waals surface area (Å²) in [5.41, 5.74) is 0. The number of unbranched alkanes of at least 4 members (excludes halogenated alkanes) is 3. The van der Waals surface area contributed by atoms with Crippen molar-refractivity contribution in [3.63, 3.8) is 0 Å². The molecule has 0 bridgehead atoms. The molecule has 234 valence electrons. The molecule has 0 saturated heterocycles. The molecule has 0 N–H and O–H groups in total. The van der Waals surface area contributed by atoms with Gasteiger partial charge in [-0.05, 0) is 6.42 Å². The molecular formula is C17H14F20O2. The second-order valence-electron chi connectivity index (χ2n) is 7.79. The minimum atomic E-state index is -8.44. The van der Waals surface area contributed by atoms with Crippen molar-refractivity contribution in [3.05, 3.63) is 0 Å². The van der Waals surface area contributed by atoms with Gasteiger partial charge in [0.15, 0.2) is 6.17 Å². The number of halogens is 20. The summed E-state index contributed by atoms with van der Waals surface area (Å²) in [6, 6.07) is 0. The highest BCUT2D eigenvalue weighted by Gasteiger charge is 2.90. The molecule has 0 saturated carbocycles. The second-order valence-corrected chi connectivity index (χ2v) is 7.79. The Bertz CT molecular complexity index is 846. The van der Waals surface area contributed by atoms with Crippen LogP contribution in [0.15, 0.2) is 0 Å². The predicted molar refractivity (Wildman–Crippen MR) is 85.4 cm³/mol. The summed E-state index contributed by atoms with van der Waals surface area (Å²) in [6.45, 7) is 1.50. The molecule has 0 spiro atoms. The molecular weight excluding hydrogens is 616 g/mol. The average molecular weight is 630 g/mol. The normalized spacial score (nSPS) is 16.3. The fraction of sp³-hybridized carbons (Fsp3) is 0.941. The van der Waals surface area contributed by atoms with Crippen molar-refractivity contribution in [1.82, 2.24) is 0 Å². The number of esters is 1. The summed E-state index contributed by atoms with van der Waals surface area (Å²) in [5.74, 6) is -61.0. The molecule has 0 aliphatic heterocycles. The van der Waals surface area contributed by atoms with Crippen molar-refractivity contribution < 1.29 is 97.3 Å². The van der Waals surface area contributed by atoms with E-state index in [-0.39, 0.29) is 12.8 Å². The van der Waals surface area contributed by atoms with Gasteiger partial charge in [-0.3, -0.25) is 0 Å². The van der Waals surface area contributed by atoms with E-state index < -0.39 is 78.7 Å². The third kappa shape index (κ3) is 5.92. The van der Waals surface area contributed by atoms with Crippen LogP contribution in [0.4, 0.5) is 87.8 Å². The van der Waals surface area contributed by atoms with Crippen LogP contribution in [0.3, 0.4) is 0 Å². The molecule has 39 heavy (non-hydrogen) atoms. The molecule has 0 aromatic carbocycles. The molecule has 0 rings (SSSR count). The zero-order valence-electron chi connectivity index (χ0n) is 18.5. The van der Waals surface area contributed by atoms with Crippen molar-refractivity contribution in [2.75, 3.05) is 0 Å². The summed E-state index contributed by atoms with van der Waals surface area (Å²) in [4.78, 5) is 10.9. The molecule has 1 unspecified atom stereocenters. The summed E-state index contributed by atoms with van der Waals surface area (Å²) in [7, 11) is 0. The first-order chi connectivity index (χ1) is 16.9. The van der Waals surface area contributed by atoms with E-state index in [9.17, 15) is 92.6 Å². The lowest BCUT2D eigenvalue weighted by Gasteiger charge is -2.38. The number of rotatable bonds is 14. The topological polar surface area (TPSA) is 26.3 Å². The van der Waals surface area contributed by atoms with Gasteiger partial charge in [0.2, 0.25) is 0 Å². The van der Waals surface area contributed by atoms with E-state index in [0.717, 1.165) is 0 Å². The van der Waals surface area contributed by atoms with E-state index in [2.05, 4.69) is 0 Å². The molecule has 0 aliphatic carbocycles. The first kappa shape index (κ1) is 37.1. The highest BCUT2D eigenvalue weighted by Crippen LogP contribution is 2.59. The van der Waals surface area contributed by atoms with Gasteiger partial charge in [0.05, 0.1) is 0 Å². The number of carbonyl (C=O) groups is 1. The van der Waals surface area contributed by atoms with Crippen molar-refractivity contribution in [2.45, 2.75) is 98.9 Å². The summed E-state index contributed by atoms with van der Waals surface area (Å²) >= 11 is 0. The first-order valence-corrected chi connectivity index (χ1v) is 9.83. The van der Waals surface area contributed by atoms with Crippen LogP contribution in [-0.2, 0) is 9.53 Å². The third-order valence-electron chi connectivity index (χ3n) is 4.90. The van der Waals surface area contributed by atoms with Crippen LogP contribution in [0.2, 0.25) is 0 Å². The van der Waals surface area contributed by atoms with Crippen molar-refractivity contribution in [3.8, 4) is 0 Å². The van der Waals surface area contributed by atoms with Crippen molar-refractivity contribution >= 4 is 5.97 Å². The maximum atomic E-state index is 13.7. The Labute approximate surface area is 203 Å². The van der Waals surface area contributed by atoms with Gasteiger partial charge in [0.25, 0.3) is 0 Å². The molecule has 0 fully saturated rings. The summed E-state index contributed by atoms with van der Waals surface area (Å²) < 4.78 is 265. The standard InChI is InChI=1S/C17H14F20O2/c1-2-3-4-5-6-7(18)9(19,20)11(23,24)15(31,32)17(36,37)39-8(38)10(21,22)12(25,26)13(27,28)14(29,30)16(33,34)35/h7H,2-6H2,1H3. The van der Waals surface area contributed by atoms with E-state index in [1.54, 1.807) is 4.74 Å². The fourth-order valence-corrected chi connectivity index (χ4v) is 2.47. The van der Waals surface area contributed by atoms with E-state index in [0.29, 0.717) is 6.42 Å². The fourth-order valence-electron chi connectivity index (χ4n) is 2.47. The van der Waals surface area contributed by atoms with Gasteiger partial charge >= 0.3 is 59.7 Å². The number of ether oxygens (including phenoxy) is 1. The van der Waals surface area contributed by atoms with E-state index in [1.165, 1.54) is 6.92 Å². The number of hydrogen-bond donors (Lipinski definition) is 0. The van der Waals surface area contributed by atoms with Crippen LogP contribution >= 0.6 is 0 Å². The minimum absolute atomic E-state index is 0.158. The number of carbonyl (C=O) groups excluding carboxylic acids is 1. The Morgan fingerprint density at radius 1 is 0.590 bits per heavy atom. The van der Waals surface area contributed by atoms with Gasteiger partial charge in [-0.1, -0.05) is 32.6 Å². The Hall–Kier alpha value is -1.93. The molecule has 0 radical (unpaired) electrons. The lowest BCUT2D eigenvalue weighted by Crippen LogP contribution is -2.69. The van der Waals surface area contributed by atoms with Gasteiger partial charge in [0, 0.05) is 0 Å². The molecule has 2 nitrogen and oxygen atoms in total. The Balaban J connectivity index is 6.31. The second kappa shape index (κ2) is 10.8. The summed E-state index contributed by atoms with van der Waals surface area (Å²) in [6.07, 6.45) is -22.1. The van der Waals surface area contributed by atoms with Gasteiger partial charge < -0.3 is 4.74 Å². The van der Waals surface area contributed by atoms with Crippen LogP contribution in [0.1, 0.15) is 39.0 Å². The minimum Gasteiger partial charge on any atom is -0.391 e. The summed E-state index contributed by atoms with van der Waals surface area (Å²) in [5, 5.41) is 0. The van der Waals surface area contributed by atoms with E-state index >= 15 is 0 Å². The molecule has 22 heteroatoms. The highest BCUT2D eigenvalue weighted by atomic mass is 19.4. The largest absolute Gasteiger partial charge is 0.473 e. The zero-order valence-corrected chi connectivity index (χ0v) is 18.5. The Kier molecular flexibility index (Phi) is 10.3. The Morgan fingerprint density at radius 3 is 1.41 bits per heavy atom. The van der Waals surface area contributed by atoms with Crippen molar-refractivity contribution in [1.29, 1.82) is 0 Å². The molecule has 0 aromatic heterocycles. The van der Waals surface area contributed by atoms with E-state index in [4.69, 9.17) is 0 Å². The molecule has 0 aromatic rings. The average Bonchev–Trinajstić information content (AvgIpc) is 2.74. The van der Waals surface area contributed by atoms with Gasteiger partial charge in [-0.2, -0.15) is 83.4 Å². The van der Waals surface area contributed by atoms with Gasteiger partial charge in [0.1, 0.15) is 0 Å².